The van der Waals surface area contributed by atoms with Crippen LogP contribution in [-0.2, 0) is 0 Å². The van der Waals surface area contributed by atoms with Crippen LogP contribution >= 0.6 is 0 Å². The second-order valence-corrected chi connectivity index (χ2v) is 4.73. The Morgan fingerprint density at radius 2 is 2.00 bits per heavy atom. The van der Waals surface area contributed by atoms with Crippen molar-refractivity contribution in [3.8, 4) is 0 Å². The molecule has 1 aromatic heterocycles. The molecule has 0 bridgehead atoms. The van der Waals surface area contributed by atoms with Gasteiger partial charge in [-0.25, -0.2) is 0 Å². The molecular weight excluding hydrogens is 212 g/mol. The van der Waals surface area contributed by atoms with Gasteiger partial charge in [-0.1, -0.05) is 26.7 Å². The molecule has 0 fully saturated rings. The van der Waals surface area contributed by atoms with Gasteiger partial charge in [-0.2, -0.15) is 0 Å². The van der Waals surface area contributed by atoms with Crippen molar-refractivity contribution in [1.29, 1.82) is 0 Å². The van der Waals surface area contributed by atoms with Crippen LogP contribution in [-0.4, -0.2) is 22.7 Å². The quantitative estimate of drug-likeness (QED) is 0.763. The molecule has 0 saturated heterocycles. The van der Waals surface area contributed by atoms with E-state index in [4.69, 9.17) is 5.73 Å². The van der Waals surface area contributed by atoms with Crippen molar-refractivity contribution in [1.82, 2.24) is 4.98 Å². The van der Waals surface area contributed by atoms with Crippen molar-refractivity contribution < 1.29 is 5.11 Å². The molecule has 3 N–H and O–H groups in total. The summed E-state index contributed by atoms with van der Waals surface area (Å²) in [5, 5.41) is 10.4. The zero-order valence-electron chi connectivity index (χ0n) is 10.8. The monoisotopic (exact) mass is 236 g/mol. The van der Waals surface area contributed by atoms with Gasteiger partial charge in [0.25, 0.3) is 0 Å². The molecule has 0 saturated carbocycles. The summed E-state index contributed by atoms with van der Waals surface area (Å²) in [4.78, 5) is 3.99. The minimum absolute atomic E-state index is 0.0184. The summed E-state index contributed by atoms with van der Waals surface area (Å²) in [6.45, 7) is 4.74. The van der Waals surface area contributed by atoms with Gasteiger partial charge in [0.05, 0.1) is 6.10 Å². The molecule has 3 heteroatoms. The number of unbranched alkanes of at least 4 members (excludes halogenated alkanes) is 1. The van der Waals surface area contributed by atoms with Crippen LogP contribution in [0.5, 0.6) is 0 Å². The van der Waals surface area contributed by atoms with E-state index in [0.717, 1.165) is 18.4 Å². The van der Waals surface area contributed by atoms with Crippen molar-refractivity contribution in [2.75, 3.05) is 6.54 Å². The first-order valence-electron chi connectivity index (χ1n) is 6.48. The SMILES string of the molecule is CCCCC(C)C(O)C(CN)c1ccncc1. The van der Waals surface area contributed by atoms with E-state index in [9.17, 15) is 5.11 Å². The molecule has 3 unspecified atom stereocenters. The van der Waals surface area contributed by atoms with Crippen molar-refractivity contribution in [3.63, 3.8) is 0 Å². The molecule has 0 radical (unpaired) electrons. The van der Waals surface area contributed by atoms with Crippen LogP contribution in [0.4, 0.5) is 0 Å². The number of rotatable bonds is 7. The van der Waals surface area contributed by atoms with E-state index in [1.54, 1.807) is 12.4 Å². The molecule has 1 rings (SSSR count). The van der Waals surface area contributed by atoms with E-state index >= 15 is 0 Å². The lowest BCUT2D eigenvalue weighted by atomic mass is 9.85. The second kappa shape index (κ2) is 7.41. The molecule has 0 aliphatic carbocycles. The van der Waals surface area contributed by atoms with Gasteiger partial charge in [0.15, 0.2) is 0 Å². The summed E-state index contributed by atoms with van der Waals surface area (Å²) in [6.07, 6.45) is 6.52. The molecular formula is C14H24N2O. The van der Waals surface area contributed by atoms with Crippen LogP contribution in [0.1, 0.15) is 44.6 Å². The van der Waals surface area contributed by atoms with E-state index in [0.29, 0.717) is 6.54 Å². The molecule has 0 aliphatic rings. The van der Waals surface area contributed by atoms with Gasteiger partial charge in [-0.15, -0.1) is 0 Å². The zero-order valence-corrected chi connectivity index (χ0v) is 10.8. The lowest BCUT2D eigenvalue weighted by Crippen LogP contribution is -2.31. The van der Waals surface area contributed by atoms with Crippen LogP contribution in [0.3, 0.4) is 0 Å². The normalized spacial score (nSPS) is 16.5. The maximum Gasteiger partial charge on any atom is 0.0646 e. The summed E-state index contributed by atoms with van der Waals surface area (Å²) in [6, 6.07) is 3.88. The molecule has 0 amide bonds. The third-order valence-electron chi connectivity index (χ3n) is 3.40. The Hall–Kier alpha value is -0.930. The second-order valence-electron chi connectivity index (χ2n) is 4.73. The fraction of sp³-hybridized carbons (Fsp3) is 0.643. The molecule has 0 aliphatic heterocycles. The molecule has 1 aromatic rings. The van der Waals surface area contributed by atoms with Crippen molar-refractivity contribution in [2.45, 2.75) is 45.1 Å². The molecule has 0 spiro atoms. The summed E-state index contributed by atoms with van der Waals surface area (Å²) < 4.78 is 0. The van der Waals surface area contributed by atoms with E-state index in [1.165, 1.54) is 6.42 Å². The predicted octanol–water partition coefficient (Wildman–Crippen LogP) is 2.31. The van der Waals surface area contributed by atoms with Gasteiger partial charge >= 0.3 is 0 Å². The zero-order chi connectivity index (χ0) is 12.7. The largest absolute Gasteiger partial charge is 0.392 e. The molecule has 3 nitrogen and oxygen atoms in total. The third kappa shape index (κ3) is 4.10. The average Bonchev–Trinajstić information content (AvgIpc) is 2.38. The highest BCUT2D eigenvalue weighted by Gasteiger charge is 2.24. The van der Waals surface area contributed by atoms with Gasteiger partial charge in [-0.05, 0) is 30.0 Å². The van der Waals surface area contributed by atoms with Crippen LogP contribution < -0.4 is 5.73 Å². The molecule has 1 heterocycles. The molecule has 96 valence electrons. The van der Waals surface area contributed by atoms with Crippen LogP contribution in [0.15, 0.2) is 24.5 Å². The number of aliphatic hydroxyl groups excluding tert-OH is 1. The lowest BCUT2D eigenvalue weighted by molar-refractivity contribution is 0.0851. The van der Waals surface area contributed by atoms with Crippen molar-refractivity contribution in [3.05, 3.63) is 30.1 Å². The minimum atomic E-state index is -0.367. The summed E-state index contributed by atoms with van der Waals surface area (Å²) in [5.74, 6) is 0.307. The first kappa shape index (κ1) is 14.1. The fourth-order valence-electron chi connectivity index (χ4n) is 2.18. The smallest absolute Gasteiger partial charge is 0.0646 e. The van der Waals surface area contributed by atoms with E-state index < -0.39 is 0 Å². The van der Waals surface area contributed by atoms with Gasteiger partial charge in [0, 0.05) is 24.9 Å². The number of aromatic nitrogens is 1. The highest BCUT2D eigenvalue weighted by Crippen LogP contribution is 2.25. The van der Waals surface area contributed by atoms with Gasteiger partial charge in [-0.3, -0.25) is 4.98 Å². The lowest BCUT2D eigenvalue weighted by Gasteiger charge is -2.27. The Labute approximate surface area is 104 Å². The standard InChI is InChI=1S/C14H24N2O/c1-3-4-5-11(2)14(17)13(10-15)12-6-8-16-9-7-12/h6-9,11,13-14,17H,3-5,10,15H2,1-2H3. The predicted molar refractivity (Wildman–Crippen MR) is 70.7 cm³/mol. The topological polar surface area (TPSA) is 59.1 Å². The third-order valence-corrected chi connectivity index (χ3v) is 3.40. The number of nitrogens with two attached hydrogens (primary N) is 1. The van der Waals surface area contributed by atoms with Crippen LogP contribution in [0.25, 0.3) is 0 Å². The number of hydrogen-bond acceptors (Lipinski definition) is 3. The number of hydrogen-bond donors (Lipinski definition) is 2. The molecule has 17 heavy (non-hydrogen) atoms. The molecule has 3 atom stereocenters. The Morgan fingerprint density at radius 3 is 2.53 bits per heavy atom. The van der Waals surface area contributed by atoms with E-state index in [2.05, 4.69) is 18.8 Å². The first-order chi connectivity index (χ1) is 8.20. The summed E-state index contributed by atoms with van der Waals surface area (Å²) in [7, 11) is 0. The maximum absolute atomic E-state index is 10.4. The average molecular weight is 236 g/mol. The number of nitrogens with zero attached hydrogens (tertiary/aromatic N) is 1. The minimum Gasteiger partial charge on any atom is -0.392 e. The summed E-state index contributed by atoms with van der Waals surface area (Å²) >= 11 is 0. The summed E-state index contributed by atoms with van der Waals surface area (Å²) in [5.41, 5.74) is 6.87. The van der Waals surface area contributed by atoms with Gasteiger partial charge < -0.3 is 10.8 Å². The van der Waals surface area contributed by atoms with Crippen LogP contribution in [0.2, 0.25) is 0 Å². The van der Waals surface area contributed by atoms with E-state index in [-0.39, 0.29) is 17.9 Å². The van der Waals surface area contributed by atoms with Crippen molar-refractivity contribution >= 4 is 0 Å². The Morgan fingerprint density at radius 1 is 1.35 bits per heavy atom. The number of aliphatic hydroxyl groups is 1. The molecule has 0 aromatic carbocycles. The first-order valence-corrected chi connectivity index (χ1v) is 6.48. The van der Waals surface area contributed by atoms with Gasteiger partial charge in [0.1, 0.15) is 0 Å². The van der Waals surface area contributed by atoms with Crippen molar-refractivity contribution in [2.24, 2.45) is 11.7 Å². The highest BCUT2D eigenvalue weighted by molar-refractivity contribution is 5.18. The Bertz CT molecular complexity index is 302. The number of pyridine rings is 1. The van der Waals surface area contributed by atoms with Crippen LogP contribution in [0, 0.1) is 5.92 Å². The van der Waals surface area contributed by atoms with E-state index in [1.807, 2.05) is 12.1 Å². The Kier molecular flexibility index (Phi) is 6.16. The maximum atomic E-state index is 10.4. The fourth-order valence-corrected chi connectivity index (χ4v) is 2.18. The Balaban J connectivity index is 2.67. The highest BCUT2D eigenvalue weighted by atomic mass is 16.3. The van der Waals surface area contributed by atoms with Gasteiger partial charge in [0.2, 0.25) is 0 Å².